The molecule has 0 aromatic carbocycles. The minimum absolute atomic E-state index is 0.133. The second-order valence-corrected chi connectivity index (χ2v) is 6.47. The molecule has 1 rings (SSSR count). The summed E-state index contributed by atoms with van der Waals surface area (Å²) in [7, 11) is 0. The largest absolute Gasteiger partial charge is 0.478 e. The third-order valence-electron chi connectivity index (χ3n) is 4.25. The molecule has 0 spiro atoms. The second kappa shape index (κ2) is 9.86. The lowest BCUT2D eigenvalue weighted by molar-refractivity contribution is 0.191. The summed E-state index contributed by atoms with van der Waals surface area (Å²) in [5.41, 5.74) is 1.35. The lowest BCUT2D eigenvalue weighted by Gasteiger charge is -2.38. The van der Waals surface area contributed by atoms with Gasteiger partial charge in [-0.3, -0.25) is 5.41 Å². The van der Waals surface area contributed by atoms with E-state index in [2.05, 4.69) is 18.4 Å². The lowest BCUT2D eigenvalue weighted by Crippen LogP contribution is -2.37. The zero-order valence-electron chi connectivity index (χ0n) is 14.3. The molecule has 1 aliphatic rings. The van der Waals surface area contributed by atoms with E-state index in [1.807, 2.05) is 13.8 Å². The monoisotopic (exact) mass is 294 g/mol. The van der Waals surface area contributed by atoms with Crippen LogP contribution in [0.1, 0.15) is 78.6 Å². The molecule has 3 nitrogen and oxygen atoms in total. The predicted molar refractivity (Wildman–Crippen MR) is 90.8 cm³/mol. The van der Waals surface area contributed by atoms with E-state index in [1.165, 1.54) is 50.6 Å². The lowest BCUT2D eigenvalue weighted by atomic mass is 9.97. The Hall–Kier alpha value is -0.990. The average Bonchev–Trinajstić information content (AvgIpc) is 2.43. The van der Waals surface area contributed by atoms with E-state index in [9.17, 15) is 0 Å². The number of piperidine rings is 1. The topological polar surface area (TPSA) is 36.3 Å². The normalized spacial score (nSPS) is 19.1. The fourth-order valence-electron chi connectivity index (χ4n) is 3.13. The maximum atomic E-state index is 7.70. The first-order valence-electron chi connectivity index (χ1n) is 8.73. The molecule has 0 amide bonds. The molecule has 0 aromatic heterocycles. The zero-order valence-corrected chi connectivity index (χ0v) is 14.3. The molecule has 0 radical (unpaired) electrons. The highest BCUT2D eigenvalue weighted by Gasteiger charge is 2.21. The molecule has 0 bridgehead atoms. The average molecular weight is 294 g/mol. The smallest absolute Gasteiger partial charge is 0.180 e. The van der Waals surface area contributed by atoms with Crippen molar-refractivity contribution in [2.45, 2.75) is 90.7 Å². The SMILES string of the molecule is C=C1CCCC(CC)N1CCCCCCC(=N)OC(C)C. The zero-order chi connectivity index (χ0) is 15.7. The maximum absolute atomic E-state index is 7.70. The molecule has 122 valence electrons. The second-order valence-electron chi connectivity index (χ2n) is 6.47. The number of allylic oxidation sites excluding steroid dienone is 1. The van der Waals surface area contributed by atoms with Gasteiger partial charge in [-0.15, -0.1) is 0 Å². The fourth-order valence-corrected chi connectivity index (χ4v) is 3.13. The summed E-state index contributed by atoms with van der Waals surface area (Å²) < 4.78 is 5.36. The van der Waals surface area contributed by atoms with E-state index in [1.54, 1.807) is 0 Å². The van der Waals surface area contributed by atoms with Crippen LogP contribution in [0.5, 0.6) is 0 Å². The van der Waals surface area contributed by atoms with Gasteiger partial charge in [0.1, 0.15) is 0 Å². The molecule has 21 heavy (non-hydrogen) atoms. The molecule has 3 heteroatoms. The molecule has 0 aliphatic carbocycles. The van der Waals surface area contributed by atoms with Crippen molar-refractivity contribution < 1.29 is 4.74 Å². The van der Waals surface area contributed by atoms with Crippen LogP contribution >= 0.6 is 0 Å². The van der Waals surface area contributed by atoms with Crippen LogP contribution in [0.25, 0.3) is 0 Å². The van der Waals surface area contributed by atoms with E-state index in [4.69, 9.17) is 10.1 Å². The number of hydrogen-bond donors (Lipinski definition) is 1. The Balaban J connectivity index is 2.10. The molecule has 1 N–H and O–H groups in total. The van der Waals surface area contributed by atoms with Crippen LogP contribution in [0.3, 0.4) is 0 Å². The molecule has 1 atom stereocenters. The summed E-state index contributed by atoms with van der Waals surface area (Å²) in [6, 6.07) is 0.721. The van der Waals surface area contributed by atoms with Crippen molar-refractivity contribution in [2.24, 2.45) is 0 Å². The number of nitrogens with zero attached hydrogens (tertiary/aromatic N) is 1. The molecule has 1 aliphatic heterocycles. The van der Waals surface area contributed by atoms with Gasteiger partial charge in [-0.1, -0.05) is 26.3 Å². The van der Waals surface area contributed by atoms with Crippen LogP contribution in [0.4, 0.5) is 0 Å². The summed E-state index contributed by atoms with van der Waals surface area (Å²) in [5, 5.41) is 7.70. The number of likely N-dealkylation sites (tertiary alicyclic amines) is 1. The van der Waals surface area contributed by atoms with Crippen molar-refractivity contribution in [3.05, 3.63) is 12.3 Å². The van der Waals surface area contributed by atoms with Gasteiger partial charge in [0, 0.05) is 24.7 Å². The van der Waals surface area contributed by atoms with Crippen LogP contribution < -0.4 is 0 Å². The summed E-state index contributed by atoms with van der Waals surface area (Å²) in [6.07, 6.45) is 10.7. The van der Waals surface area contributed by atoms with Gasteiger partial charge >= 0.3 is 0 Å². The van der Waals surface area contributed by atoms with Crippen LogP contribution in [-0.2, 0) is 4.74 Å². The Bertz CT molecular complexity index is 325. The van der Waals surface area contributed by atoms with Gasteiger partial charge in [-0.2, -0.15) is 0 Å². The van der Waals surface area contributed by atoms with E-state index in [-0.39, 0.29) is 6.10 Å². The van der Waals surface area contributed by atoms with Gasteiger partial charge in [-0.25, -0.2) is 0 Å². The Morgan fingerprint density at radius 1 is 1.33 bits per heavy atom. The molecule has 1 fully saturated rings. The number of ether oxygens (including phenoxy) is 1. The molecular formula is C18H34N2O. The van der Waals surface area contributed by atoms with Crippen molar-refractivity contribution in [1.29, 1.82) is 5.41 Å². The number of nitrogens with one attached hydrogen (secondary N) is 1. The van der Waals surface area contributed by atoms with Crippen molar-refractivity contribution in [2.75, 3.05) is 6.54 Å². The third kappa shape index (κ3) is 7.01. The minimum Gasteiger partial charge on any atom is -0.478 e. The quantitative estimate of drug-likeness (QED) is 0.364. The van der Waals surface area contributed by atoms with Gasteiger partial charge in [0.25, 0.3) is 0 Å². The number of rotatable bonds is 9. The summed E-state index contributed by atoms with van der Waals surface area (Å²) in [5.74, 6) is 0.445. The first-order valence-corrected chi connectivity index (χ1v) is 8.73. The van der Waals surface area contributed by atoms with E-state index in [0.29, 0.717) is 5.90 Å². The van der Waals surface area contributed by atoms with Crippen LogP contribution in [0, 0.1) is 5.41 Å². The van der Waals surface area contributed by atoms with Gasteiger partial charge in [0.15, 0.2) is 5.90 Å². The predicted octanol–water partition coefficient (Wildman–Crippen LogP) is 5.12. The Labute approximate surface area is 131 Å². The first kappa shape index (κ1) is 18.1. The Morgan fingerprint density at radius 3 is 2.71 bits per heavy atom. The number of unbranched alkanes of at least 4 members (excludes halogenated alkanes) is 3. The van der Waals surface area contributed by atoms with E-state index in [0.717, 1.165) is 25.4 Å². The minimum atomic E-state index is 0.133. The van der Waals surface area contributed by atoms with Crippen molar-refractivity contribution in [3.63, 3.8) is 0 Å². The highest BCUT2D eigenvalue weighted by Crippen LogP contribution is 2.26. The highest BCUT2D eigenvalue weighted by atomic mass is 16.5. The Morgan fingerprint density at radius 2 is 2.05 bits per heavy atom. The number of hydrogen-bond acceptors (Lipinski definition) is 3. The highest BCUT2D eigenvalue weighted by molar-refractivity contribution is 5.72. The van der Waals surface area contributed by atoms with Gasteiger partial charge < -0.3 is 9.64 Å². The molecule has 1 unspecified atom stereocenters. The summed E-state index contributed by atoms with van der Waals surface area (Å²) >= 11 is 0. The van der Waals surface area contributed by atoms with Crippen LogP contribution in [-0.4, -0.2) is 29.5 Å². The van der Waals surface area contributed by atoms with Crippen LogP contribution in [0.2, 0.25) is 0 Å². The van der Waals surface area contributed by atoms with Crippen LogP contribution in [0.15, 0.2) is 12.3 Å². The van der Waals surface area contributed by atoms with Gasteiger partial charge in [0.05, 0.1) is 6.10 Å². The molecule has 0 aromatic rings. The van der Waals surface area contributed by atoms with Gasteiger partial charge in [0.2, 0.25) is 0 Å². The first-order chi connectivity index (χ1) is 10.0. The van der Waals surface area contributed by atoms with Crippen molar-refractivity contribution >= 4 is 5.90 Å². The maximum Gasteiger partial charge on any atom is 0.180 e. The van der Waals surface area contributed by atoms with E-state index >= 15 is 0 Å². The molecule has 1 heterocycles. The standard InChI is InChI=1S/C18H34N2O/c1-5-17-12-10-11-16(4)20(17)14-9-7-6-8-13-18(19)21-15(2)3/h15,17,19H,4-14H2,1-3H3. The van der Waals surface area contributed by atoms with Crippen molar-refractivity contribution in [3.8, 4) is 0 Å². The summed E-state index contributed by atoms with van der Waals surface area (Å²) in [4.78, 5) is 2.55. The van der Waals surface area contributed by atoms with E-state index < -0.39 is 0 Å². The summed E-state index contributed by atoms with van der Waals surface area (Å²) in [6.45, 7) is 11.6. The molecule has 1 saturated heterocycles. The fraction of sp³-hybridized carbons (Fsp3) is 0.833. The van der Waals surface area contributed by atoms with Crippen molar-refractivity contribution in [1.82, 2.24) is 4.90 Å². The van der Waals surface area contributed by atoms with Gasteiger partial charge in [-0.05, 0) is 52.4 Å². The molecular weight excluding hydrogens is 260 g/mol. The molecule has 0 saturated carbocycles. The third-order valence-corrected chi connectivity index (χ3v) is 4.25. The Kier molecular flexibility index (Phi) is 8.48.